The van der Waals surface area contributed by atoms with Crippen LogP contribution in [0.3, 0.4) is 0 Å². The van der Waals surface area contributed by atoms with E-state index >= 15 is 0 Å². The maximum absolute atomic E-state index is 12.9. The first-order valence-corrected chi connectivity index (χ1v) is 7.74. The largest absolute Gasteiger partial charge is 0.507 e. The third-order valence-electron chi connectivity index (χ3n) is 4.09. The van der Waals surface area contributed by atoms with Gasteiger partial charge in [0.15, 0.2) is 0 Å². The number of benzene rings is 2. The standard InChI is InChI=1S/C18H13ClF3NO2/c1-9-13(6-10-2-4-12(19)5-3-10)17(25)23-14-7-11(18(20,21)22)8-15(24)16(9)14/h2-5,7-8,24H,6H2,1H3,(H,23,25). The van der Waals surface area contributed by atoms with Crippen LogP contribution in [0.2, 0.25) is 5.02 Å². The number of halogens is 4. The molecule has 0 aliphatic heterocycles. The van der Waals surface area contributed by atoms with Crippen molar-refractivity contribution >= 4 is 22.5 Å². The minimum absolute atomic E-state index is 0.0466. The van der Waals surface area contributed by atoms with Gasteiger partial charge in [0.2, 0.25) is 0 Å². The summed E-state index contributed by atoms with van der Waals surface area (Å²) in [5.41, 5.74) is 0.0971. The molecule has 1 heterocycles. The van der Waals surface area contributed by atoms with E-state index < -0.39 is 23.0 Å². The number of pyridine rings is 1. The lowest BCUT2D eigenvalue weighted by Gasteiger charge is -2.13. The molecule has 1 aromatic heterocycles. The van der Waals surface area contributed by atoms with Crippen molar-refractivity contribution < 1.29 is 18.3 Å². The summed E-state index contributed by atoms with van der Waals surface area (Å²) in [6, 6.07) is 8.40. The van der Waals surface area contributed by atoms with Crippen molar-refractivity contribution in [1.82, 2.24) is 4.98 Å². The Balaban J connectivity index is 2.17. The molecule has 0 amide bonds. The smallest absolute Gasteiger partial charge is 0.416 e. The van der Waals surface area contributed by atoms with Crippen molar-refractivity contribution in [2.75, 3.05) is 0 Å². The van der Waals surface area contributed by atoms with Crippen LogP contribution in [0.15, 0.2) is 41.2 Å². The zero-order valence-corrected chi connectivity index (χ0v) is 13.8. The highest BCUT2D eigenvalue weighted by molar-refractivity contribution is 6.30. The van der Waals surface area contributed by atoms with Crippen LogP contribution in [0.4, 0.5) is 13.2 Å². The van der Waals surface area contributed by atoms with Crippen molar-refractivity contribution in [2.45, 2.75) is 19.5 Å². The molecule has 3 aromatic rings. The summed E-state index contributed by atoms with van der Waals surface area (Å²) in [6.45, 7) is 1.61. The van der Waals surface area contributed by atoms with Gasteiger partial charge in [-0.2, -0.15) is 13.2 Å². The maximum Gasteiger partial charge on any atom is 0.416 e. The molecule has 0 radical (unpaired) electrons. The molecule has 2 N–H and O–H groups in total. The second-order valence-corrected chi connectivity index (χ2v) is 6.21. The molecule has 0 spiro atoms. The number of aromatic amines is 1. The van der Waals surface area contributed by atoms with Gasteiger partial charge in [-0.25, -0.2) is 0 Å². The molecular weight excluding hydrogens is 355 g/mol. The Morgan fingerprint density at radius 3 is 2.40 bits per heavy atom. The van der Waals surface area contributed by atoms with Gasteiger partial charge in [-0.05, 0) is 42.3 Å². The second kappa shape index (κ2) is 6.11. The molecule has 0 aliphatic rings. The van der Waals surface area contributed by atoms with Crippen LogP contribution in [-0.4, -0.2) is 10.1 Å². The first kappa shape index (κ1) is 17.4. The highest BCUT2D eigenvalue weighted by Gasteiger charge is 2.32. The van der Waals surface area contributed by atoms with Crippen molar-refractivity contribution in [3.8, 4) is 5.75 Å². The summed E-state index contributed by atoms with van der Waals surface area (Å²) in [5.74, 6) is -0.518. The first-order chi connectivity index (χ1) is 11.7. The Kier molecular flexibility index (Phi) is 4.24. The Morgan fingerprint density at radius 2 is 1.80 bits per heavy atom. The summed E-state index contributed by atoms with van der Waals surface area (Å²) >= 11 is 5.83. The minimum atomic E-state index is -4.61. The fraction of sp³-hybridized carbons (Fsp3) is 0.167. The van der Waals surface area contributed by atoms with Gasteiger partial charge in [0.1, 0.15) is 5.75 Å². The monoisotopic (exact) mass is 367 g/mol. The van der Waals surface area contributed by atoms with E-state index in [1.807, 2.05) is 0 Å². The highest BCUT2D eigenvalue weighted by Crippen LogP contribution is 2.36. The average molecular weight is 368 g/mol. The lowest BCUT2D eigenvalue weighted by molar-refractivity contribution is -0.137. The quantitative estimate of drug-likeness (QED) is 0.683. The van der Waals surface area contributed by atoms with E-state index in [-0.39, 0.29) is 17.3 Å². The lowest BCUT2D eigenvalue weighted by atomic mass is 9.97. The number of rotatable bonds is 2. The molecule has 25 heavy (non-hydrogen) atoms. The van der Waals surface area contributed by atoms with Crippen LogP contribution in [0, 0.1) is 6.92 Å². The number of fused-ring (bicyclic) bond motifs is 1. The van der Waals surface area contributed by atoms with Crippen LogP contribution in [0.5, 0.6) is 5.75 Å². The predicted octanol–water partition coefficient (Wildman–Crippen LogP) is 4.81. The number of phenolic OH excluding ortho intramolecular Hbond substituents is 1. The molecule has 0 aliphatic carbocycles. The summed E-state index contributed by atoms with van der Waals surface area (Å²) < 4.78 is 38.6. The van der Waals surface area contributed by atoms with Crippen LogP contribution < -0.4 is 5.56 Å². The molecule has 130 valence electrons. The van der Waals surface area contributed by atoms with Gasteiger partial charge in [0.05, 0.1) is 11.1 Å². The van der Waals surface area contributed by atoms with Gasteiger partial charge >= 0.3 is 6.18 Å². The van der Waals surface area contributed by atoms with Crippen molar-refractivity contribution in [3.05, 3.63) is 74.0 Å². The molecule has 0 bridgehead atoms. The third kappa shape index (κ3) is 3.35. The number of alkyl halides is 3. The van der Waals surface area contributed by atoms with Crippen molar-refractivity contribution in [3.63, 3.8) is 0 Å². The summed E-state index contributed by atoms with van der Waals surface area (Å²) in [6.07, 6.45) is -4.34. The van der Waals surface area contributed by atoms with Gasteiger partial charge < -0.3 is 10.1 Å². The molecule has 7 heteroatoms. The van der Waals surface area contributed by atoms with E-state index in [2.05, 4.69) is 4.98 Å². The Morgan fingerprint density at radius 1 is 1.16 bits per heavy atom. The van der Waals surface area contributed by atoms with Crippen LogP contribution in [0.1, 0.15) is 22.3 Å². The Bertz CT molecular complexity index is 1010. The molecule has 3 rings (SSSR count). The zero-order chi connectivity index (χ0) is 18.4. The Labute approximate surface area is 145 Å². The normalized spacial score (nSPS) is 11.9. The molecule has 0 saturated carbocycles. The Hall–Kier alpha value is -2.47. The van der Waals surface area contributed by atoms with Crippen LogP contribution in [0.25, 0.3) is 10.9 Å². The molecule has 0 atom stereocenters. The molecule has 0 saturated heterocycles. The fourth-order valence-electron chi connectivity index (χ4n) is 2.82. The van der Waals surface area contributed by atoms with Crippen molar-refractivity contribution in [2.24, 2.45) is 0 Å². The third-order valence-corrected chi connectivity index (χ3v) is 4.34. The number of phenols is 1. The van der Waals surface area contributed by atoms with E-state index in [0.717, 1.165) is 11.6 Å². The minimum Gasteiger partial charge on any atom is -0.507 e. The number of aromatic hydroxyl groups is 1. The van der Waals surface area contributed by atoms with Crippen LogP contribution >= 0.6 is 11.6 Å². The average Bonchev–Trinajstić information content (AvgIpc) is 2.51. The zero-order valence-electron chi connectivity index (χ0n) is 13.0. The number of nitrogens with one attached hydrogen (secondary N) is 1. The molecule has 0 fully saturated rings. The fourth-order valence-corrected chi connectivity index (χ4v) is 2.95. The summed E-state index contributed by atoms with van der Waals surface area (Å²) in [7, 11) is 0. The van der Waals surface area contributed by atoms with E-state index in [1.165, 1.54) is 0 Å². The molecular formula is C18H13ClF3NO2. The SMILES string of the molecule is Cc1c(Cc2ccc(Cl)cc2)c(=O)[nH]c2cc(C(F)(F)F)cc(O)c12. The van der Waals surface area contributed by atoms with Gasteiger partial charge in [-0.3, -0.25) is 4.79 Å². The van der Waals surface area contributed by atoms with E-state index in [9.17, 15) is 23.1 Å². The number of hydrogen-bond donors (Lipinski definition) is 2. The van der Waals surface area contributed by atoms with E-state index in [1.54, 1.807) is 31.2 Å². The molecule has 2 aromatic carbocycles. The van der Waals surface area contributed by atoms with E-state index in [4.69, 9.17) is 11.6 Å². The van der Waals surface area contributed by atoms with Gasteiger partial charge in [-0.1, -0.05) is 23.7 Å². The molecule has 0 unspecified atom stereocenters. The first-order valence-electron chi connectivity index (χ1n) is 7.37. The van der Waals surface area contributed by atoms with Crippen LogP contribution in [-0.2, 0) is 12.6 Å². The summed E-state index contributed by atoms with van der Waals surface area (Å²) in [4.78, 5) is 14.8. The second-order valence-electron chi connectivity index (χ2n) is 5.78. The van der Waals surface area contributed by atoms with Gasteiger partial charge in [-0.15, -0.1) is 0 Å². The highest BCUT2D eigenvalue weighted by atomic mass is 35.5. The maximum atomic E-state index is 12.9. The number of H-pyrrole nitrogens is 1. The molecule has 3 nitrogen and oxygen atoms in total. The number of aryl methyl sites for hydroxylation is 1. The summed E-state index contributed by atoms with van der Waals surface area (Å²) in [5, 5.41) is 10.8. The number of aromatic nitrogens is 1. The van der Waals surface area contributed by atoms with Crippen molar-refractivity contribution in [1.29, 1.82) is 0 Å². The predicted molar refractivity (Wildman–Crippen MR) is 90.2 cm³/mol. The van der Waals surface area contributed by atoms with Gasteiger partial charge in [0, 0.05) is 22.4 Å². The number of hydrogen-bond acceptors (Lipinski definition) is 2. The van der Waals surface area contributed by atoms with Gasteiger partial charge in [0.25, 0.3) is 5.56 Å². The lowest BCUT2D eigenvalue weighted by Crippen LogP contribution is -2.16. The van der Waals surface area contributed by atoms with E-state index in [0.29, 0.717) is 22.2 Å². The topological polar surface area (TPSA) is 53.1 Å².